The van der Waals surface area contributed by atoms with E-state index >= 15 is 0 Å². The maximum Gasteiger partial charge on any atom is 0.255 e. The molecular weight excluding hydrogens is 389 g/mol. The summed E-state index contributed by atoms with van der Waals surface area (Å²) >= 11 is 17.7. The molecule has 0 bridgehead atoms. The normalized spacial score (nSPS) is 12.2. The Kier molecular flexibility index (Phi) is 6.47. The molecule has 0 saturated carbocycles. The molecule has 2 aromatic rings. The van der Waals surface area contributed by atoms with Crippen molar-refractivity contribution in [2.75, 3.05) is 5.32 Å². The lowest BCUT2D eigenvalue weighted by molar-refractivity contribution is -0.114. The first-order chi connectivity index (χ1) is 11.8. The van der Waals surface area contributed by atoms with Crippen LogP contribution in [-0.4, -0.2) is 26.8 Å². The highest BCUT2D eigenvalue weighted by Gasteiger charge is 2.36. The third-order valence-electron chi connectivity index (χ3n) is 2.89. The van der Waals surface area contributed by atoms with Gasteiger partial charge in [-0.25, -0.2) is 0 Å². The van der Waals surface area contributed by atoms with Gasteiger partial charge in [0.2, 0.25) is 15.9 Å². The van der Waals surface area contributed by atoms with E-state index in [1.165, 1.54) is 19.3 Å². The van der Waals surface area contributed by atoms with Crippen molar-refractivity contribution in [1.82, 2.24) is 10.3 Å². The fourth-order valence-corrected chi connectivity index (χ4v) is 2.16. The number of benzene rings is 1. The fourth-order valence-electron chi connectivity index (χ4n) is 1.86. The molecule has 2 N–H and O–H groups in total. The van der Waals surface area contributed by atoms with Crippen LogP contribution >= 0.6 is 34.8 Å². The number of nitrogens with zero attached hydrogens (tertiary/aromatic N) is 1. The van der Waals surface area contributed by atoms with Gasteiger partial charge in [-0.05, 0) is 24.3 Å². The Balaban J connectivity index is 2.16. The van der Waals surface area contributed by atoms with E-state index in [0.29, 0.717) is 11.4 Å². The zero-order valence-corrected chi connectivity index (χ0v) is 15.3. The lowest BCUT2D eigenvalue weighted by Gasteiger charge is -2.26. The number of carbonyl (C=O) groups is 2. The van der Waals surface area contributed by atoms with Crippen LogP contribution in [0.15, 0.2) is 48.8 Å². The summed E-state index contributed by atoms with van der Waals surface area (Å²) < 4.78 is 3.67. The van der Waals surface area contributed by atoms with Crippen molar-refractivity contribution in [2.45, 2.75) is 16.9 Å². The SMILES string of the molecule is CC(=O)Nc1cccc(OC(NC(=O)c2cccnc2)C(Cl)(Cl)Cl)c1. The molecule has 1 heterocycles. The Morgan fingerprint density at radius 1 is 1.20 bits per heavy atom. The van der Waals surface area contributed by atoms with Crippen LogP contribution in [0, 0.1) is 0 Å². The Bertz CT molecular complexity index is 751. The zero-order valence-electron chi connectivity index (χ0n) is 13.0. The summed E-state index contributed by atoms with van der Waals surface area (Å²) in [5, 5.41) is 5.11. The predicted octanol–water partition coefficient (Wildman–Crippen LogP) is 3.55. The quantitative estimate of drug-likeness (QED) is 0.592. The van der Waals surface area contributed by atoms with Gasteiger partial charge in [-0.1, -0.05) is 40.9 Å². The average Bonchev–Trinajstić information content (AvgIpc) is 2.54. The smallest absolute Gasteiger partial charge is 0.255 e. The van der Waals surface area contributed by atoms with Crippen molar-refractivity contribution in [1.29, 1.82) is 0 Å². The summed E-state index contributed by atoms with van der Waals surface area (Å²) in [4.78, 5) is 27.2. The number of anilines is 1. The summed E-state index contributed by atoms with van der Waals surface area (Å²) in [5.41, 5.74) is 0.795. The Labute approximate surface area is 159 Å². The molecule has 0 saturated heterocycles. The first-order valence-corrected chi connectivity index (χ1v) is 8.21. The molecular formula is C16H14Cl3N3O3. The highest BCUT2D eigenvalue weighted by atomic mass is 35.6. The molecule has 0 aliphatic carbocycles. The van der Waals surface area contributed by atoms with Crippen molar-refractivity contribution < 1.29 is 14.3 Å². The molecule has 0 fully saturated rings. The number of alkyl halides is 3. The minimum absolute atomic E-state index is 0.236. The number of rotatable bonds is 5. The van der Waals surface area contributed by atoms with Crippen LogP contribution in [0.5, 0.6) is 5.75 Å². The average molecular weight is 403 g/mol. The summed E-state index contributed by atoms with van der Waals surface area (Å²) in [6, 6.07) is 9.64. The molecule has 25 heavy (non-hydrogen) atoms. The minimum atomic E-state index is -1.93. The number of aromatic nitrogens is 1. The number of pyridine rings is 1. The minimum Gasteiger partial charge on any atom is -0.466 e. The molecule has 0 radical (unpaired) electrons. The molecule has 0 aliphatic rings. The Hall–Kier alpha value is -2.02. The van der Waals surface area contributed by atoms with Gasteiger partial charge < -0.3 is 15.4 Å². The van der Waals surface area contributed by atoms with E-state index in [1.54, 1.807) is 36.4 Å². The zero-order chi connectivity index (χ0) is 18.4. The molecule has 1 unspecified atom stereocenters. The number of hydrogen-bond donors (Lipinski definition) is 2. The van der Waals surface area contributed by atoms with E-state index < -0.39 is 15.9 Å². The van der Waals surface area contributed by atoms with Crippen molar-refractivity contribution in [3.05, 3.63) is 54.4 Å². The molecule has 1 aromatic heterocycles. The molecule has 132 valence electrons. The van der Waals surface area contributed by atoms with E-state index in [2.05, 4.69) is 15.6 Å². The number of carbonyl (C=O) groups excluding carboxylic acids is 2. The second-order valence-electron chi connectivity index (χ2n) is 4.96. The van der Waals surface area contributed by atoms with Gasteiger partial charge in [0.1, 0.15) is 5.75 Å². The van der Waals surface area contributed by atoms with Gasteiger partial charge in [0, 0.05) is 31.1 Å². The lowest BCUT2D eigenvalue weighted by Crippen LogP contribution is -2.47. The van der Waals surface area contributed by atoms with E-state index in [9.17, 15) is 9.59 Å². The topological polar surface area (TPSA) is 80.3 Å². The first kappa shape index (κ1) is 19.3. The fraction of sp³-hybridized carbons (Fsp3) is 0.188. The number of nitrogens with one attached hydrogen (secondary N) is 2. The van der Waals surface area contributed by atoms with Crippen molar-refractivity contribution in [3.63, 3.8) is 0 Å². The standard InChI is InChI=1S/C16H14Cl3N3O3/c1-10(23)21-12-5-2-6-13(8-12)25-15(16(17,18)19)22-14(24)11-4-3-7-20-9-11/h2-9,15H,1H3,(H,21,23)(H,22,24). The lowest BCUT2D eigenvalue weighted by atomic mass is 10.2. The van der Waals surface area contributed by atoms with Crippen molar-refractivity contribution in [2.24, 2.45) is 0 Å². The van der Waals surface area contributed by atoms with Gasteiger partial charge in [-0.3, -0.25) is 14.6 Å². The van der Waals surface area contributed by atoms with Crippen LogP contribution in [0.25, 0.3) is 0 Å². The maximum absolute atomic E-state index is 12.2. The predicted molar refractivity (Wildman–Crippen MR) is 97.2 cm³/mol. The molecule has 6 nitrogen and oxygen atoms in total. The second-order valence-corrected chi connectivity index (χ2v) is 7.33. The largest absolute Gasteiger partial charge is 0.466 e. The van der Waals surface area contributed by atoms with Crippen LogP contribution in [0.4, 0.5) is 5.69 Å². The molecule has 0 spiro atoms. The molecule has 1 atom stereocenters. The van der Waals surface area contributed by atoms with Gasteiger partial charge >= 0.3 is 0 Å². The molecule has 2 amide bonds. The van der Waals surface area contributed by atoms with Crippen molar-refractivity contribution >= 4 is 52.3 Å². The van der Waals surface area contributed by atoms with Gasteiger partial charge in [0.15, 0.2) is 0 Å². The van der Waals surface area contributed by atoms with Gasteiger partial charge in [-0.2, -0.15) is 0 Å². The Morgan fingerprint density at radius 2 is 1.96 bits per heavy atom. The van der Waals surface area contributed by atoms with E-state index in [0.717, 1.165) is 0 Å². The summed E-state index contributed by atoms with van der Waals surface area (Å²) in [6.45, 7) is 1.38. The Morgan fingerprint density at radius 3 is 2.56 bits per heavy atom. The second kappa shape index (κ2) is 8.38. The van der Waals surface area contributed by atoms with E-state index in [4.69, 9.17) is 39.5 Å². The molecule has 2 rings (SSSR count). The van der Waals surface area contributed by atoms with E-state index in [1.807, 2.05) is 0 Å². The third-order valence-corrected chi connectivity index (χ3v) is 3.49. The first-order valence-electron chi connectivity index (χ1n) is 7.07. The van der Waals surface area contributed by atoms with Crippen LogP contribution in [0.1, 0.15) is 17.3 Å². The highest BCUT2D eigenvalue weighted by molar-refractivity contribution is 6.68. The molecule has 0 aliphatic heterocycles. The summed E-state index contributed by atoms with van der Waals surface area (Å²) in [5.74, 6) is -0.448. The summed E-state index contributed by atoms with van der Waals surface area (Å²) in [7, 11) is 0. The van der Waals surface area contributed by atoms with Crippen LogP contribution < -0.4 is 15.4 Å². The van der Waals surface area contributed by atoms with Crippen molar-refractivity contribution in [3.8, 4) is 5.75 Å². The van der Waals surface area contributed by atoms with Gasteiger partial charge in [0.05, 0.1) is 5.56 Å². The van der Waals surface area contributed by atoms with E-state index in [-0.39, 0.29) is 11.5 Å². The maximum atomic E-state index is 12.2. The summed E-state index contributed by atoms with van der Waals surface area (Å²) in [6.07, 6.45) is 1.65. The van der Waals surface area contributed by atoms with Crippen LogP contribution in [0.2, 0.25) is 0 Å². The molecule has 9 heteroatoms. The van der Waals surface area contributed by atoms with Gasteiger partial charge in [0.25, 0.3) is 5.91 Å². The number of ether oxygens (including phenoxy) is 1. The molecule has 1 aromatic carbocycles. The highest BCUT2D eigenvalue weighted by Crippen LogP contribution is 2.32. The van der Waals surface area contributed by atoms with Gasteiger partial charge in [-0.15, -0.1) is 0 Å². The number of halogens is 3. The number of amides is 2. The van der Waals surface area contributed by atoms with Crippen LogP contribution in [-0.2, 0) is 4.79 Å². The van der Waals surface area contributed by atoms with Crippen LogP contribution in [0.3, 0.4) is 0 Å². The monoisotopic (exact) mass is 401 g/mol. The number of hydrogen-bond acceptors (Lipinski definition) is 4. The third kappa shape index (κ3) is 6.08.